The fourth-order valence-corrected chi connectivity index (χ4v) is 4.52. The number of nitrogens with one attached hydrogen (secondary N) is 2. The number of benzene rings is 2. The van der Waals surface area contributed by atoms with Crippen molar-refractivity contribution in [1.82, 2.24) is 10.2 Å². The van der Waals surface area contributed by atoms with Crippen LogP contribution in [-0.4, -0.2) is 62.2 Å². The molecular weight excluding hydrogens is 520 g/mol. The van der Waals surface area contributed by atoms with E-state index in [2.05, 4.69) is 25.6 Å². The second kappa shape index (κ2) is 13.3. The molecule has 11 nitrogen and oxygen atoms in total. The number of hydrogen-bond donors (Lipinski definition) is 2. The van der Waals surface area contributed by atoms with Gasteiger partial charge in [0.15, 0.2) is 15.8 Å². The Morgan fingerprint density at radius 3 is 2.22 bits per heavy atom. The molecule has 0 aliphatic rings. The molecule has 3 rings (SSSR count). The van der Waals surface area contributed by atoms with Crippen LogP contribution in [0.4, 0.5) is 10.8 Å². The summed E-state index contributed by atoms with van der Waals surface area (Å²) in [7, 11) is 5.83. The van der Waals surface area contributed by atoms with Gasteiger partial charge in [0.2, 0.25) is 22.7 Å². The molecule has 0 saturated heterocycles. The predicted molar refractivity (Wildman–Crippen MR) is 141 cm³/mol. The molecular formula is C24H24N4O7S2. The number of ether oxygens (including phenoxy) is 4. The topological polar surface area (TPSA) is 138 Å². The van der Waals surface area contributed by atoms with Crippen LogP contribution in [0.1, 0.15) is 15.9 Å². The third-order valence-corrected chi connectivity index (χ3v) is 6.64. The number of hydrogen-bond acceptors (Lipinski definition) is 11. The lowest BCUT2D eigenvalue weighted by Gasteiger charge is -2.12. The van der Waals surface area contributed by atoms with Crippen molar-refractivity contribution in [2.45, 2.75) is 4.34 Å². The van der Waals surface area contributed by atoms with Crippen LogP contribution in [0.3, 0.4) is 0 Å². The number of aromatic nitrogens is 2. The molecule has 2 N–H and O–H groups in total. The quantitative estimate of drug-likeness (QED) is 0.159. The summed E-state index contributed by atoms with van der Waals surface area (Å²) in [4.78, 5) is 36.0. The Kier molecular flexibility index (Phi) is 9.86. The summed E-state index contributed by atoms with van der Waals surface area (Å²) in [6, 6.07) is 9.76. The Morgan fingerprint density at radius 1 is 0.946 bits per heavy atom. The van der Waals surface area contributed by atoms with Crippen LogP contribution in [-0.2, 0) is 14.3 Å². The smallest absolute Gasteiger partial charge is 0.337 e. The lowest BCUT2D eigenvalue weighted by Crippen LogP contribution is -2.14. The number of rotatable bonds is 11. The first-order valence-electron chi connectivity index (χ1n) is 10.6. The summed E-state index contributed by atoms with van der Waals surface area (Å²) in [5.74, 6) is 0.354. The van der Waals surface area contributed by atoms with E-state index in [-0.39, 0.29) is 11.7 Å². The van der Waals surface area contributed by atoms with E-state index in [1.807, 2.05) is 0 Å². The Balaban J connectivity index is 1.51. The molecule has 1 aromatic heterocycles. The predicted octanol–water partition coefficient (Wildman–Crippen LogP) is 3.73. The first-order valence-corrected chi connectivity index (χ1v) is 12.4. The molecule has 0 radical (unpaired) electrons. The Labute approximate surface area is 221 Å². The van der Waals surface area contributed by atoms with E-state index >= 15 is 0 Å². The van der Waals surface area contributed by atoms with Crippen LogP contribution in [0.25, 0.3) is 6.08 Å². The van der Waals surface area contributed by atoms with Gasteiger partial charge in [0.1, 0.15) is 0 Å². The zero-order chi connectivity index (χ0) is 26.8. The molecule has 0 bridgehead atoms. The molecule has 0 spiro atoms. The Bertz CT molecular complexity index is 1270. The van der Waals surface area contributed by atoms with Crippen molar-refractivity contribution in [3.63, 3.8) is 0 Å². The van der Waals surface area contributed by atoms with Crippen molar-refractivity contribution < 1.29 is 33.3 Å². The molecule has 13 heteroatoms. The highest BCUT2D eigenvalue weighted by atomic mass is 32.2. The van der Waals surface area contributed by atoms with Crippen LogP contribution in [0.5, 0.6) is 17.2 Å². The van der Waals surface area contributed by atoms with Crippen LogP contribution >= 0.6 is 23.1 Å². The van der Waals surface area contributed by atoms with Crippen LogP contribution < -0.4 is 24.8 Å². The van der Waals surface area contributed by atoms with Gasteiger partial charge in [0.05, 0.1) is 39.8 Å². The van der Waals surface area contributed by atoms with Crippen molar-refractivity contribution in [3.05, 3.63) is 53.6 Å². The highest BCUT2D eigenvalue weighted by molar-refractivity contribution is 8.01. The maximum absolute atomic E-state index is 12.3. The summed E-state index contributed by atoms with van der Waals surface area (Å²) in [6.45, 7) is 0. The van der Waals surface area contributed by atoms with Gasteiger partial charge < -0.3 is 24.3 Å². The van der Waals surface area contributed by atoms with E-state index < -0.39 is 11.9 Å². The zero-order valence-corrected chi connectivity index (χ0v) is 22.0. The summed E-state index contributed by atoms with van der Waals surface area (Å²) >= 11 is 2.32. The molecule has 3 aromatic rings. The molecule has 0 unspecified atom stereocenters. The molecule has 2 amide bonds. The minimum atomic E-state index is -0.454. The standard InChI is InChI=1S/C24H24N4O7S2/c1-32-17-11-14(12-18(33-2)21(17)34-3)5-10-19(29)26-23-27-28-24(37-23)36-13-20(30)25-16-8-6-15(7-9-16)22(31)35-4/h5-12H,13H2,1-4H3,(H,25,30)(H,26,27,29)/b10-5+. The van der Waals surface area contributed by atoms with Crippen LogP contribution in [0.2, 0.25) is 0 Å². The maximum atomic E-state index is 12.3. The number of amides is 2. The molecule has 0 saturated carbocycles. The molecule has 194 valence electrons. The first-order chi connectivity index (χ1) is 17.9. The Hall–Kier alpha value is -4.10. The van der Waals surface area contributed by atoms with Crippen molar-refractivity contribution in [1.29, 1.82) is 0 Å². The molecule has 1 heterocycles. The molecule has 0 atom stereocenters. The average molecular weight is 545 g/mol. The van der Waals surface area contributed by atoms with Crippen LogP contribution in [0, 0.1) is 0 Å². The van der Waals surface area contributed by atoms with Crippen molar-refractivity contribution >= 4 is 57.8 Å². The fourth-order valence-electron chi connectivity index (χ4n) is 2.97. The number of thioether (sulfide) groups is 1. The van der Waals surface area contributed by atoms with Gasteiger partial charge in [-0.1, -0.05) is 23.1 Å². The van der Waals surface area contributed by atoms with Crippen molar-refractivity contribution in [2.75, 3.05) is 44.8 Å². The summed E-state index contributed by atoms with van der Waals surface area (Å²) < 4.78 is 21.1. The van der Waals surface area contributed by atoms with Gasteiger partial charge in [-0.3, -0.25) is 14.9 Å². The number of nitrogens with zero attached hydrogens (tertiary/aromatic N) is 2. The van der Waals surface area contributed by atoms with E-state index in [1.54, 1.807) is 42.5 Å². The number of anilines is 2. The second-order valence-electron chi connectivity index (χ2n) is 7.06. The van der Waals surface area contributed by atoms with Gasteiger partial charge in [0, 0.05) is 11.8 Å². The fraction of sp³-hybridized carbons (Fsp3) is 0.208. The second-order valence-corrected chi connectivity index (χ2v) is 9.26. The molecule has 0 aliphatic heterocycles. The molecule has 2 aromatic carbocycles. The summed E-state index contributed by atoms with van der Waals surface area (Å²) in [5, 5.41) is 13.6. The van der Waals surface area contributed by atoms with Crippen molar-refractivity contribution in [2.24, 2.45) is 0 Å². The van der Waals surface area contributed by atoms with E-state index in [0.29, 0.717) is 43.5 Å². The minimum absolute atomic E-state index is 0.0857. The van der Waals surface area contributed by atoms with Gasteiger partial charge in [-0.15, -0.1) is 10.2 Å². The monoisotopic (exact) mass is 544 g/mol. The van der Waals surface area contributed by atoms with Gasteiger partial charge >= 0.3 is 5.97 Å². The number of methoxy groups -OCH3 is 4. The highest BCUT2D eigenvalue weighted by Gasteiger charge is 2.13. The van der Waals surface area contributed by atoms with E-state index in [4.69, 9.17) is 14.2 Å². The molecule has 0 aliphatic carbocycles. The van der Waals surface area contributed by atoms with E-state index in [0.717, 1.165) is 11.3 Å². The lowest BCUT2D eigenvalue weighted by atomic mass is 10.1. The number of carbonyl (C=O) groups excluding carboxylic acids is 3. The Morgan fingerprint density at radius 2 is 1.62 bits per heavy atom. The van der Waals surface area contributed by atoms with Gasteiger partial charge in [0.25, 0.3) is 0 Å². The zero-order valence-electron chi connectivity index (χ0n) is 20.4. The average Bonchev–Trinajstić information content (AvgIpc) is 3.37. The minimum Gasteiger partial charge on any atom is -0.493 e. The normalized spacial score (nSPS) is 10.6. The van der Waals surface area contributed by atoms with Gasteiger partial charge in [-0.2, -0.15) is 0 Å². The van der Waals surface area contributed by atoms with E-state index in [9.17, 15) is 14.4 Å². The van der Waals surface area contributed by atoms with Crippen LogP contribution in [0.15, 0.2) is 46.8 Å². The molecule has 37 heavy (non-hydrogen) atoms. The largest absolute Gasteiger partial charge is 0.493 e. The van der Waals surface area contributed by atoms with Gasteiger partial charge in [-0.25, -0.2) is 4.79 Å². The SMILES string of the molecule is COC(=O)c1ccc(NC(=O)CSc2nnc(NC(=O)/C=C/c3cc(OC)c(OC)c(OC)c3)s2)cc1. The van der Waals surface area contributed by atoms with Crippen molar-refractivity contribution in [3.8, 4) is 17.2 Å². The first kappa shape index (κ1) is 27.5. The summed E-state index contributed by atoms with van der Waals surface area (Å²) in [6.07, 6.45) is 2.94. The van der Waals surface area contributed by atoms with E-state index in [1.165, 1.54) is 46.3 Å². The third kappa shape index (κ3) is 7.69. The number of carbonyl (C=O) groups is 3. The third-order valence-electron chi connectivity index (χ3n) is 4.67. The maximum Gasteiger partial charge on any atom is 0.337 e. The van der Waals surface area contributed by atoms with Gasteiger partial charge in [-0.05, 0) is 48.0 Å². The molecule has 0 fully saturated rings. The number of esters is 1. The highest BCUT2D eigenvalue weighted by Crippen LogP contribution is 2.38. The lowest BCUT2D eigenvalue weighted by molar-refractivity contribution is -0.114. The summed E-state index contributed by atoms with van der Waals surface area (Å²) in [5.41, 5.74) is 1.60.